The number of amides is 1. The molecule has 1 aromatic heterocycles. The summed E-state index contributed by atoms with van der Waals surface area (Å²) in [6, 6.07) is 10.3. The van der Waals surface area contributed by atoms with E-state index in [0.29, 0.717) is 18.5 Å². The predicted octanol–water partition coefficient (Wildman–Crippen LogP) is 3.34. The molecule has 0 radical (unpaired) electrons. The zero-order valence-corrected chi connectivity index (χ0v) is 12.7. The van der Waals surface area contributed by atoms with Crippen LogP contribution in [0.1, 0.15) is 16.8 Å². The van der Waals surface area contributed by atoms with Gasteiger partial charge >= 0.3 is 6.18 Å². The molecule has 2 rings (SSSR count). The number of carbonyl (C=O) groups is 1. The lowest BCUT2D eigenvalue weighted by Gasteiger charge is -2.17. The van der Waals surface area contributed by atoms with Crippen LogP contribution in [0.2, 0.25) is 0 Å². The van der Waals surface area contributed by atoms with Crippen molar-refractivity contribution in [3.8, 4) is 0 Å². The molecule has 0 bridgehead atoms. The Bertz CT molecular complexity index is 639. The molecule has 0 unspecified atom stereocenters. The summed E-state index contributed by atoms with van der Waals surface area (Å²) < 4.78 is 37.5. The van der Waals surface area contributed by atoms with Crippen molar-refractivity contribution in [2.45, 2.75) is 19.0 Å². The largest absolute Gasteiger partial charge is 0.416 e. The van der Waals surface area contributed by atoms with Crippen LogP contribution in [-0.2, 0) is 23.8 Å². The minimum Gasteiger partial charge on any atom is -0.345 e. The molecule has 0 aliphatic heterocycles. The van der Waals surface area contributed by atoms with E-state index in [4.69, 9.17) is 0 Å². The van der Waals surface area contributed by atoms with Crippen LogP contribution in [0.15, 0.2) is 48.7 Å². The number of hydrogen-bond acceptors (Lipinski definition) is 2. The molecule has 0 aliphatic rings. The Hall–Kier alpha value is -2.37. The van der Waals surface area contributed by atoms with Crippen LogP contribution in [0.4, 0.5) is 13.2 Å². The van der Waals surface area contributed by atoms with Crippen molar-refractivity contribution in [3.05, 3.63) is 65.5 Å². The van der Waals surface area contributed by atoms with Gasteiger partial charge in [-0.15, -0.1) is 0 Å². The first kappa shape index (κ1) is 17.0. The Morgan fingerprint density at radius 1 is 1.13 bits per heavy atom. The lowest BCUT2D eigenvalue weighted by molar-refractivity contribution is -0.137. The number of halogens is 3. The normalized spacial score (nSPS) is 11.3. The third-order valence-corrected chi connectivity index (χ3v) is 3.49. The summed E-state index contributed by atoms with van der Waals surface area (Å²) >= 11 is 0. The van der Waals surface area contributed by atoms with Gasteiger partial charge in [0.2, 0.25) is 5.91 Å². The Kier molecular flexibility index (Phi) is 5.36. The number of likely N-dealkylation sites (N-methyl/N-ethyl adjacent to an activating group) is 1. The van der Waals surface area contributed by atoms with Crippen LogP contribution in [0.25, 0.3) is 0 Å². The third-order valence-electron chi connectivity index (χ3n) is 3.49. The number of nitrogens with zero attached hydrogens (tertiary/aromatic N) is 2. The molecule has 1 aromatic carbocycles. The summed E-state index contributed by atoms with van der Waals surface area (Å²) in [5, 5.41) is 0. The van der Waals surface area contributed by atoms with Gasteiger partial charge in [-0.1, -0.05) is 18.2 Å². The molecule has 0 N–H and O–H groups in total. The minimum atomic E-state index is -4.36. The average molecular weight is 322 g/mol. The third kappa shape index (κ3) is 5.09. The topological polar surface area (TPSA) is 33.2 Å². The fourth-order valence-corrected chi connectivity index (χ4v) is 2.07. The molecule has 6 heteroatoms. The van der Waals surface area contributed by atoms with Crippen LogP contribution in [0.5, 0.6) is 0 Å². The average Bonchev–Trinajstić information content (AvgIpc) is 2.53. The molecule has 1 heterocycles. The molecule has 0 atom stereocenters. The number of alkyl halides is 3. The maximum Gasteiger partial charge on any atom is 0.416 e. The molecular formula is C17H17F3N2O. The van der Waals surface area contributed by atoms with Gasteiger partial charge in [0, 0.05) is 31.9 Å². The van der Waals surface area contributed by atoms with E-state index < -0.39 is 11.7 Å². The Balaban J connectivity index is 1.88. The molecule has 3 nitrogen and oxygen atoms in total. The highest BCUT2D eigenvalue weighted by molar-refractivity contribution is 5.78. The van der Waals surface area contributed by atoms with Gasteiger partial charge in [0.25, 0.3) is 0 Å². The Labute approximate surface area is 132 Å². The zero-order chi connectivity index (χ0) is 16.9. The molecular weight excluding hydrogens is 305 g/mol. The SMILES string of the molecule is CN(CCc1ccccn1)C(=O)Cc1ccc(C(F)(F)F)cc1. The number of benzene rings is 1. The molecule has 0 saturated carbocycles. The Morgan fingerprint density at radius 2 is 1.83 bits per heavy atom. The summed E-state index contributed by atoms with van der Waals surface area (Å²) in [6.07, 6.45) is -1.95. The zero-order valence-electron chi connectivity index (χ0n) is 12.7. The Morgan fingerprint density at radius 3 is 2.39 bits per heavy atom. The van der Waals surface area contributed by atoms with Gasteiger partial charge in [-0.3, -0.25) is 9.78 Å². The smallest absolute Gasteiger partial charge is 0.345 e. The molecule has 2 aromatic rings. The van der Waals surface area contributed by atoms with E-state index in [0.717, 1.165) is 17.8 Å². The van der Waals surface area contributed by atoms with Gasteiger partial charge < -0.3 is 4.90 Å². The molecule has 0 saturated heterocycles. The number of hydrogen-bond donors (Lipinski definition) is 0. The summed E-state index contributed by atoms with van der Waals surface area (Å²) in [7, 11) is 1.68. The summed E-state index contributed by atoms with van der Waals surface area (Å²) in [5.41, 5.74) is 0.742. The van der Waals surface area contributed by atoms with Crippen molar-refractivity contribution in [1.82, 2.24) is 9.88 Å². The second-order valence-electron chi connectivity index (χ2n) is 5.26. The van der Waals surface area contributed by atoms with Gasteiger partial charge in [0.1, 0.15) is 0 Å². The number of rotatable bonds is 5. The maximum absolute atomic E-state index is 12.5. The first-order valence-electron chi connectivity index (χ1n) is 7.16. The van der Waals surface area contributed by atoms with Gasteiger partial charge in [0.05, 0.1) is 12.0 Å². The highest BCUT2D eigenvalue weighted by Gasteiger charge is 2.30. The summed E-state index contributed by atoms with van der Waals surface area (Å²) in [4.78, 5) is 17.8. The molecule has 0 spiro atoms. The van der Waals surface area contributed by atoms with E-state index in [1.54, 1.807) is 18.1 Å². The van der Waals surface area contributed by atoms with Crippen LogP contribution < -0.4 is 0 Å². The second-order valence-corrected chi connectivity index (χ2v) is 5.26. The molecule has 122 valence electrons. The van der Waals surface area contributed by atoms with Crippen LogP contribution in [0.3, 0.4) is 0 Å². The highest BCUT2D eigenvalue weighted by atomic mass is 19.4. The molecule has 23 heavy (non-hydrogen) atoms. The maximum atomic E-state index is 12.5. The van der Waals surface area contributed by atoms with Gasteiger partial charge in [-0.2, -0.15) is 13.2 Å². The van der Waals surface area contributed by atoms with Crippen molar-refractivity contribution in [2.24, 2.45) is 0 Å². The second kappa shape index (κ2) is 7.26. The number of pyridine rings is 1. The number of carbonyl (C=O) groups excluding carboxylic acids is 1. The predicted molar refractivity (Wildman–Crippen MR) is 80.7 cm³/mol. The summed E-state index contributed by atoms with van der Waals surface area (Å²) in [5.74, 6) is -0.138. The molecule has 1 amide bonds. The van der Waals surface area contributed by atoms with Gasteiger partial charge in [-0.05, 0) is 29.8 Å². The van der Waals surface area contributed by atoms with Crippen LogP contribution >= 0.6 is 0 Å². The lowest BCUT2D eigenvalue weighted by atomic mass is 10.1. The van der Waals surface area contributed by atoms with E-state index in [9.17, 15) is 18.0 Å². The molecule has 0 fully saturated rings. The van der Waals surface area contributed by atoms with Gasteiger partial charge in [-0.25, -0.2) is 0 Å². The van der Waals surface area contributed by atoms with E-state index >= 15 is 0 Å². The van der Waals surface area contributed by atoms with E-state index in [1.165, 1.54) is 12.1 Å². The lowest BCUT2D eigenvalue weighted by Crippen LogP contribution is -2.30. The standard InChI is InChI=1S/C17H17F3N2O/c1-22(11-9-15-4-2-3-10-21-15)16(23)12-13-5-7-14(8-6-13)17(18,19)20/h2-8,10H,9,11-12H2,1H3. The minimum absolute atomic E-state index is 0.0802. The fourth-order valence-electron chi connectivity index (χ4n) is 2.07. The van der Waals surface area contributed by atoms with E-state index in [2.05, 4.69) is 4.98 Å². The quantitative estimate of drug-likeness (QED) is 0.846. The van der Waals surface area contributed by atoms with Crippen molar-refractivity contribution in [1.29, 1.82) is 0 Å². The van der Waals surface area contributed by atoms with Crippen LogP contribution in [-0.4, -0.2) is 29.4 Å². The van der Waals surface area contributed by atoms with Crippen molar-refractivity contribution in [2.75, 3.05) is 13.6 Å². The number of aromatic nitrogens is 1. The highest BCUT2D eigenvalue weighted by Crippen LogP contribution is 2.29. The van der Waals surface area contributed by atoms with Crippen molar-refractivity contribution in [3.63, 3.8) is 0 Å². The summed E-state index contributed by atoms with van der Waals surface area (Å²) in [6.45, 7) is 0.510. The van der Waals surface area contributed by atoms with E-state index in [-0.39, 0.29) is 12.3 Å². The molecule has 0 aliphatic carbocycles. The van der Waals surface area contributed by atoms with Crippen molar-refractivity contribution >= 4 is 5.91 Å². The first-order chi connectivity index (χ1) is 10.9. The fraction of sp³-hybridized carbons (Fsp3) is 0.294. The van der Waals surface area contributed by atoms with Gasteiger partial charge in [0.15, 0.2) is 0 Å². The van der Waals surface area contributed by atoms with E-state index in [1.807, 2.05) is 18.2 Å². The van der Waals surface area contributed by atoms with Crippen LogP contribution in [0, 0.1) is 0 Å². The monoisotopic (exact) mass is 322 g/mol. The first-order valence-corrected chi connectivity index (χ1v) is 7.16. The van der Waals surface area contributed by atoms with Crippen molar-refractivity contribution < 1.29 is 18.0 Å².